The molecule has 1 N–H and O–H groups in total. The lowest BCUT2D eigenvalue weighted by Gasteiger charge is -2.27. The molecule has 0 radical (unpaired) electrons. The van der Waals surface area contributed by atoms with Crippen LogP contribution in [0.4, 0.5) is 0 Å². The number of ether oxygens (including phenoxy) is 2. The predicted octanol–water partition coefficient (Wildman–Crippen LogP) is 3.49. The first kappa shape index (κ1) is 20.4. The number of nitrogens with zero attached hydrogens (tertiary/aromatic N) is 1. The molecule has 0 spiro atoms. The van der Waals surface area contributed by atoms with Crippen LogP contribution in [0, 0.1) is 0 Å². The van der Waals surface area contributed by atoms with Gasteiger partial charge in [0.15, 0.2) is 0 Å². The number of aromatic nitrogens is 1. The number of likely N-dealkylation sites (N-methyl/N-ethyl adjacent to an activating group) is 1. The minimum absolute atomic E-state index is 0.104. The van der Waals surface area contributed by atoms with E-state index >= 15 is 0 Å². The Labute approximate surface area is 165 Å². The van der Waals surface area contributed by atoms with Gasteiger partial charge >= 0.3 is 0 Å². The maximum absolute atomic E-state index is 12.2. The van der Waals surface area contributed by atoms with E-state index in [0.717, 1.165) is 55.4 Å². The van der Waals surface area contributed by atoms with Crippen molar-refractivity contribution in [1.82, 2.24) is 9.88 Å². The molecule has 1 amide bonds. The maximum Gasteiger partial charge on any atom is 0.248 e. The Balaban J connectivity index is 1.30. The van der Waals surface area contributed by atoms with Crippen LogP contribution in [0.5, 0.6) is 5.75 Å². The average Bonchev–Trinajstić information content (AvgIpc) is 2.71. The number of rotatable bonds is 9. The lowest BCUT2D eigenvalue weighted by molar-refractivity contribution is -0.132. The number of benzene rings is 1. The first-order valence-electron chi connectivity index (χ1n) is 10.2. The number of pyridine rings is 1. The third-order valence-electron chi connectivity index (χ3n) is 5.18. The molecule has 1 aliphatic rings. The molecule has 6 heteroatoms. The summed E-state index contributed by atoms with van der Waals surface area (Å²) in [4.78, 5) is 28.1. The molecule has 1 saturated heterocycles. The van der Waals surface area contributed by atoms with Crippen molar-refractivity contribution in [3.8, 4) is 5.75 Å². The van der Waals surface area contributed by atoms with Crippen LogP contribution in [0.2, 0.25) is 0 Å². The van der Waals surface area contributed by atoms with E-state index in [1.54, 1.807) is 6.07 Å². The summed E-state index contributed by atoms with van der Waals surface area (Å²) in [6.07, 6.45) is 6.91. The average molecular weight is 386 g/mol. The van der Waals surface area contributed by atoms with Crippen molar-refractivity contribution < 1.29 is 14.3 Å². The molecule has 2 aromatic rings. The second-order valence-corrected chi connectivity index (χ2v) is 7.49. The minimum atomic E-state index is -0.104. The molecule has 1 aliphatic heterocycles. The number of amides is 1. The summed E-state index contributed by atoms with van der Waals surface area (Å²) in [5.41, 5.74) is 0.703. The van der Waals surface area contributed by atoms with Crippen molar-refractivity contribution in [2.45, 2.75) is 51.0 Å². The Morgan fingerprint density at radius 2 is 2.11 bits per heavy atom. The van der Waals surface area contributed by atoms with Gasteiger partial charge < -0.3 is 19.4 Å². The van der Waals surface area contributed by atoms with Gasteiger partial charge in [0.2, 0.25) is 11.5 Å². The van der Waals surface area contributed by atoms with Crippen molar-refractivity contribution in [2.24, 2.45) is 0 Å². The Kier molecular flexibility index (Phi) is 7.48. The number of H-pyrrole nitrogens is 1. The maximum atomic E-state index is 12.2. The molecule has 1 fully saturated rings. The highest BCUT2D eigenvalue weighted by Gasteiger charge is 2.18. The first-order valence-corrected chi connectivity index (χ1v) is 10.2. The van der Waals surface area contributed by atoms with E-state index in [9.17, 15) is 9.59 Å². The van der Waals surface area contributed by atoms with Gasteiger partial charge in [-0.3, -0.25) is 9.59 Å². The molecular weight excluding hydrogens is 356 g/mol. The van der Waals surface area contributed by atoms with E-state index in [4.69, 9.17) is 9.47 Å². The lowest BCUT2D eigenvalue weighted by atomic mass is 10.1. The fourth-order valence-corrected chi connectivity index (χ4v) is 3.52. The molecule has 3 rings (SSSR count). The third-order valence-corrected chi connectivity index (χ3v) is 5.18. The number of aromatic amines is 1. The van der Waals surface area contributed by atoms with E-state index in [0.29, 0.717) is 19.6 Å². The highest BCUT2D eigenvalue weighted by Crippen LogP contribution is 2.19. The topological polar surface area (TPSA) is 71.6 Å². The largest absolute Gasteiger partial charge is 0.494 e. The van der Waals surface area contributed by atoms with Crippen molar-refractivity contribution in [3.05, 3.63) is 40.7 Å². The zero-order valence-corrected chi connectivity index (χ0v) is 16.6. The number of carbonyl (C=O) groups is 1. The summed E-state index contributed by atoms with van der Waals surface area (Å²) in [6, 6.07) is 8.96. The SMILES string of the molecule is CN(CC1CCCCO1)C(=O)CCCCCOc1ccc2[nH]c(=O)ccc2c1. The Bertz CT molecular complexity index is 827. The number of unbranched alkanes of at least 4 members (excludes halogenated alkanes) is 2. The molecule has 6 nitrogen and oxygen atoms in total. The van der Waals surface area contributed by atoms with Crippen molar-refractivity contribution in [1.29, 1.82) is 0 Å². The first-order chi connectivity index (χ1) is 13.6. The number of hydrogen-bond acceptors (Lipinski definition) is 4. The summed E-state index contributed by atoms with van der Waals surface area (Å²) in [5.74, 6) is 0.987. The van der Waals surface area contributed by atoms with E-state index in [1.165, 1.54) is 12.5 Å². The minimum Gasteiger partial charge on any atom is -0.494 e. The molecule has 2 heterocycles. The van der Waals surface area contributed by atoms with E-state index < -0.39 is 0 Å². The molecule has 0 saturated carbocycles. The number of fused-ring (bicyclic) bond motifs is 1. The normalized spacial score (nSPS) is 16.8. The molecule has 28 heavy (non-hydrogen) atoms. The van der Waals surface area contributed by atoms with Gasteiger partial charge in [0.1, 0.15) is 5.75 Å². The quantitative estimate of drug-likeness (QED) is 0.670. The highest BCUT2D eigenvalue weighted by atomic mass is 16.5. The third kappa shape index (κ3) is 6.09. The van der Waals surface area contributed by atoms with Crippen LogP contribution < -0.4 is 10.3 Å². The van der Waals surface area contributed by atoms with Crippen LogP contribution in [0.3, 0.4) is 0 Å². The van der Waals surface area contributed by atoms with E-state index in [2.05, 4.69) is 4.98 Å². The van der Waals surface area contributed by atoms with Gasteiger partial charge in [-0.25, -0.2) is 0 Å². The van der Waals surface area contributed by atoms with Crippen LogP contribution in [0.1, 0.15) is 44.9 Å². The number of nitrogens with one attached hydrogen (secondary N) is 1. The highest BCUT2D eigenvalue weighted by molar-refractivity contribution is 5.79. The molecule has 1 aromatic heterocycles. The van der Waals surface area contributed by atoms with Crippen molar-refractivity contribution in [3.63, 3.8) is 0 Å². The zero-order valence-electron chi connectivity index (χ0n) is 16.6. The van der Waals surface area contributed by atoms with Gasteiger partial charge in [-0.05, 0) is 62.8 Å². The summed E-state index contributed by atoms with van der Waals surface area (Å²) in [7, 11) is 1.87. The summed E-state index contributed by atoms with van der Waals surface area (Å²) < 4.78 is 11.5. The number of hydrogen-bond donors (Lipinski definition) is 1. The Morgan fingerprint density at radius 3 is 2.93 bits per heavy atom. The Hall–Kier alpha value is -2.34. The summed E-state index contributed by atoms with van der Waals surface area (Å²) >= 11 is 0. The van der Waals surface area contributed by atoms with Gasteiger partial charge in [-0.1, -0.05) is 0 Å². The summed E-state index contributed by atoms with van der Waals surface area (Å²) in [5, 5.41) is 0.952. The van der Waals surface area contributed by atoms with Gasteiger partial charge in [-0.15, -0.1) is 0 Å². The van der Waals surface area contributed by atoms with E-state index in [-0.39, 0.29) is 17.6 Å². The van der Waals surface area contributed by atoms with Crippen LogP contribution in [-0.4, -0.2) is 48.7 Å². The monoisotopic (exact) mass is 386 g/mol. The fraction of sp³-hybridized carbons (Fsp3) is 0.545. The van der Waals surface area contributed by atoms with Gasteiger partial charge in [0, 0.05) is 43.6 Å². The van der Waals surface area contributed by atoms with Crippen molar-refractivity contribution in [2.75, 3.05) is 26.8 Å². The van der Waals surface area contributed by atoms with Crippen LogP contribution in [-0.2, 0) is 9.53 Å². The molecule has 1 unspecified atom stereocenters. The molecule has 0 bridgehead atoms. The van der Waals surface area contributed by atoms with E-state index in [1.807, 2.05) is 30.1 Å². The van der Waals surface area contributed by atoms with Gasteiger partial charge in [0.25, 0.3) is 0 Å². The van der Waals surface area contributed by atoms with Gasteiger partial charge in [0.05, 0.1) is 12.7 Å². The van der Waals surface area contributed by atoms with Crippen LogP contribution in [0.15, 0.2) is 35.1 Å². The van der Waals surface area contributed by atoms with Crippen molar-refractivity contribution >= 4 is 16.8 Å². The second-order valence-electron chi connectivity index (χ2n) is 7.49. The zero-order chi connectivity index (χ0) is 19.8. The molecule has 152 valence electrons. The smallest absolute Gasteiger partial charge is 0.248 e. The summed E-state index contributed by atoms with van der Waals surface area (Å²) in [6.45, 7) is 2.14. The Morgan fingerprint density at radius 1 is 1.21 bits per heavy atom. The fourth-order valence-electron chi connectivity index (χ4n) is 3.52. The molecule has 1 aromatic carbocycles. The second kappa shape index (κ2) is 10.3. The standard InChI is InChI=1S/C22H30N2O4/c1-24(16-19-7-4-6-14-28-19)22(26)8-3-2-5-13-27-18-10-11-20-17(15-18)9-12-21(25)23-20/h9-12,15,19H,2-8,13-14,16H2,1H3,(H,23,25). The predicted molar refractivity (Wildman–Crippen MR) is 110 cm³/mol. The van der Waals surface area contributed by atoms with Crippen LogP contribution in [0.25, 0.3) is 10.9 Å². The molecule has 1 atom stereocenters. The molecular formula is C22H30N2O4. The van der Waals surface area contributed by atoms with Crippen LogP contribution >= 0.6 is 0 Å². The number of carbonyl (C=O) groups excluding carboxylic acids is 1. The lowest BCUT2D eigenvalue weighted by Crippen LogP contribution is -2.37. The molecule has 0 aliphatic carbocycles. The van der Waals surface area contributed by atoms with Gasteiger partial charge in [-0.2, -0.15) is 0 Å².